The number of hydrogen-bond acceptors (Lipinski definition) is 2. The van der Waals surface area contributed by atoms with Crippen molar-refractivity contribution in [1.82, 2.24) is 15.5 Å². The molecule has 1 atom stereocenters. The van der Waals surface area contributed by atoms with E-state index in [1.807, 2.05) is 37.3 Å². The first kappa shape index (κ1) is 15.0. The molecule has 116 valence electrons. The van der Waals surface area contributed by atoms with Gasteiger partial charge in [-0.1, -0.05) is 42.5 Å². The standard InChI is InChI=1S/C18H16FN3O/c1-12(13-7-9-15(19)10-8-13)20-18(23)17-11-16(21-22-17)14-5-3-2-4-6-14/h2-12H,1H3,(H,20,23)(H,21,22). The molecule has 3 aromatic rings. The molecule has 23 heavy (non-hydrogen) atoms. The van der Waals surface area contributed by atoms with Crippen LogP contribution in [-0.2, 0) is 0 Å². The number of amides is 1. The second-order valence-corrected chi connectivity index (χ2v) is 5.28. The van der Waals surface area contributed by atoms with Crippen molar-refractivity contribution < 1.29 is 9.18 Å². The van der Waals surface area contributed by atoms with Gasteiger partial charge in [-0.05, 0) is 30.7 Å². The van der Waals surface area contributed by atoms with Gasteiger partial charge in [-0.15, -0.1) is 0 Å². The first-order valence-electron chi connectivity index (χ1n) is 7.30. The highest BCUT2D eigenvalue weighted by molar-refractivity contribution is 5.93. The van der Waals surface area contributed by atoms with E-state index >= 15 is 0 Å². The minimum absolute atomic E-state index is 0.230. The number of aromatic amines is 1. The second kappa shape index (κ2) is 6.44. The number of halogens is 1. The zero-order valence-electron chi connectivity index (χ0n) is 12.6. The molecule has 1 aromatic heterocycles. The highest BCUT2D eigenvalue weighted by Crippen LogP contribution is 2.18. The fourth-order valence-corrected chi connectivity index (χ4v) is 2.30. The zero-order chi connectivity index (χ0) is 16.2. The Bertz CT molecular complexity index is 797. The molecule has 0 saturated heterocycles. The van der Waals surface area contributed by atoms with E-state index in [0.717, 1.165) is 11.1 Å². The lowest BCUT2D eigenvalue weighted by molar-refractivity contribution is 0.0935. The molecule has 1 heterocycles. The molecular weight excluding hydrogens is 293 g/mol. The first-order valence-corrected chi connectivity index (χ1v) is 7.30. The lowest BCUT2D eigenvalue weighted by atomic mass is 10.1. The molecule has 0 radical (unpaired) electrons. The smallest absolute Gasteiger partial charge is 0.269 e. The Labute approximate surface area is 133 Å². The third-order valence-corrected chi connectivity index (χ3v) is 3.61. The summed E-state index contributed by atoms with van der Waals surface area (Å²) in [4.78, 5) is 12.3. The summed E-state index contributed by atoms with van der Waals surface area (Å²) in [5.41, 5.74) is 2.87. The van der Waals surface area contributed by atoms with E-state index < -0.39 is 0 Å². The van der Waals surface area contributed by atoms with Gasteiger partial charge < -0.3 is 5.32 Å². The number of nitrogens with zero attached hydrogens (tertiary/aromatic N) is 1. The summed E-state index contributed by atoms with van der Waals surface area (Å²) < 4.78 is 12.9. The summed E-state index contributed by atoms with van der Waals surface area (Å²) in [6.45, 7) is 1.85. The Kier molecular flexibility index (Phi) is 4.19. The largest absolute Gasteiger partial charge is 0.344 e. The summed E-state index contributed by atoms with van der Waals surface area (Å²) in [7, 11) is 0. The number of benzene rings is 2. The molecule has 0 aliphatic carbocycles. The van der Waals surface area contributed by atoms with Crippen LogP contribution in [0.2, 0.25) is 0 Å². The zero-order valence-corrected chi connectivity index (χ0v) is 12.6. The van der Waals surface area contributed by atoms with Crippen molar-refractivity contribution in [3.8, 4) is 11.3 Å². The molecule has 0 saturated carbocycles. The van der Waals surface area contributed by atoms with Crippen LogP contribution in [0.4, 0.5) is 4.39 Å². The normalized spacial score (nSPS) is 11.9. The summed E-state index contributed by atoms with van der Waals surface area (Å²) in [5, 5.41) is 9.78. The van der Waals surface area contributed by atoms with Gasteiger partial charge in [-0.25, -0.2) is 4.39 Å². The van der Waals surface area contributed by atoms with Crippen molar-refractivity contribution in [2.24, 2.45) is 0 Å². The molecule has 3 rings (SSSR count). The van der Waals surface area contributed by atoms with Crippen molar-refractivity contribution in [2.75, 3.05) is 0 Å². The van der Waals surface area contributed by atoms with Gasteiger partial charge in [0.1, 0.15) is 11.5 Å². The van der Waals surface area contributed by atoms with Crippen LogP contribution in [-0.4, -0.2) is 16.1 Å². The third kappa shape index (κ3) is 3.45. The van der Waals surface area contributed by atoms with Gasteiger partial charge in [-0.3, -0.25) is 9.89 Å². The average molecular weight is 309 g/mol. The Balaban J connectivity index is 1.71. The monoisotopic (exact) mass is 309 g/mol. The van der Waals surface area contributed by atoms with Crippen molar-refractivity contribution in [2.45, 2.75) is 13.0 Å². The minimum Gasteiger partial charge on any atom is -0.344 e. The van der Waals surface area contributed by atoms with Gasteiger partial charge >= 0.3 is 0 Å². The van der Waals surface area contributed by atoms with Gasteiger partial charge in [0.25, 0.3) is 5.91 Å². The van der Waals surface area contributed by atoms with Gasteiger partial charge in [0.05, 0.1) is 11.7 Å². The lowest BCUT2D eigenvalue weighted by Gasteiger charge is -2.13. The Morgan fingerprint density at radius 3 is 2.52 bits per heavy atom. The Morgan fingerprint density at radius 1 is 1.13 bits per heavy atom. The van der Waals surface area contributed by atoms with Gasteiger partial charge in [0.2, 0.25) is 0 Å². The Morgan fingerprint density at radius 2 is 1.83 bits per heavy atom. The number of rotatable bonds is 4. The SMILES string of the molecule is CC(NC(=O)c1cc(-c2ccccc2)n[nH]1)c1ccc(F)cc1. The topological polar surface area (TPSA) is 57.8 Å². The molecule has 0 bridgehead atoms. The van der Waals surface area contributed by atoms with E-state index in [0.29, 0.717) is 11.4 Å². The molecule has 0 aliphatic rings. The second-order valence-electron chi connectivity index (χ2n) is 5.28. The number of nitrogens with one attached hydrogen (secondary N) is 2. The van der Waals surface area contributed by atoms with E-state index in [-0.39, 0.29) is 17.8 Å². The van der Waals surface area contributed by atoms with E-state index in [4.69, 9.17) is 0 Å². The van der Waals surface area contributed by atoms with Crippen LogP contribution < -0.4 is 5.32 Å². The van der Waals surface area contributed by atoms with E-state index in [9.17, 15) is 9.18 Å². The summed E-state index contributed by atoms with van der Waals surface area (Å²) in [5.74, 6) is -0.551. The van der Waals surface area contributed by atoms with E-state index in [2.05, 4.69) is 15.5 Å². The molecule has 4 nitrogen and oxygen atoms in total. The first-order chi connectivity index (χ1) is 11.1. The lowest BCUT2D eigenvalue weighted by Crippen LogP contribution is -2.26. The number of H-pyrrole nitrogens is 1. The van der Waals surface area contributed by atoms with Gasteiger partial charge in [0, 0.05) is 5.56 Å². The van der Waals surface area contributed by atoms with Gasteiger partial charge in [-0.2, -0.15) is 5.10 Å². The molecule has 5 heteroatoms. The van der Waals surface area contributed by atoms with Crippen molar-refractivity contribution in [1.29, 1.82) is 0 Å². The summed E-state index contributed by atoms with van der Waals surface area (Å²) >= 11 is 0. The highest BCUT2D eigenvalue weighted by Gasteiger charge is 2.14. The fraction of sp³-hybridized carbons (Fsp3) is 0.111. The molecule has 2 N–H and O–H groups in total. The van der Waals surface area contributed by atoms with Crippen molar-refractivity contribution in [3.63, 3.8) is 0 Å². The van der Waals surface area contributed by atoms with Crippen LogP contribution in [0.3, 0.4) is 0 Å². The van der Waals surface area contributed by atoms with Crippen LogP contribution in [0.25, 0.3) is 11.3 Å². The van der Waals surface area contributed by atoms with Crippen LogP contribution in [0.1, 0.15) is 29.0 Å². The molecular formula is C18H16FN3O. The average Bonchev–Trinajstić information content (AvgIpc) is 3.06. The van der Waals surface area contributed by atoms with Crippen LogP contribution in [0.15, 0.2) is 60.7 Å². The maximum Gasteiger partial charge on any atom is 0.269 e. The minimum atomic E-state index is -0.298. The van der Waals surface area contributed by atoms with E-state index in [1.165, 1.54) is 12.1 Å². The van der Waals surface area contributed by atoms with Gasteiger partial charge in [0.15, 0.2) is 0 Å². The number of carbonyl (C=O) groups excluding carboxylic acids is 1. The maximum absolute atomic E-state index is 12.9. The maximum atomic E-state index is 12.9. The predicted octanol–water partition coefficient (Wildman–Crippen LogP) is 3.71. The van der Waals surface area contributed by atoms with Crippen LogP contribution in [0, 0.1) is 5.82 Å². The molecule has 0 spiro atoms. The van der Waals surface area contributed by atoms with Crippen LogP contribution in [0.5, 0.6) is 0 Å². The number of hydrogen-bond donors (Lipinski definition) is 2. The quantitative estimate of drug-likeness (QED) is 0.772. The molecule has 1 unspecified atom stereocenters. The van der Waals surface area contributed by atoms with Crippen molar-refractivity contribution >= 4 is 5.91 Å². The molecule has 0 fully saturated rings. The van der Waals surface area contributed by atoms with Crippen molar-refractivity contribution in [3.05, 3.63) is 77.7 Å². The molecule has 1 amide bonds. The summed E-state index contributed by atoms with van der Waals surface area (Å²) in [6, 6.07) is 17.2. The highest BCUT2D eigenvalue weighted by atomic mass is 19.1. The fourth-order valence-electron chi connectivity index (χ4n) is 2.30. The number of carbonyl (C=O) groups is 1. The third-order valence-electron chi connectivity index (χ3n) is 3.61. The molecule has 2 aromatic carbocycles. The Hall–Kier alpha value is -2.95. The predicted molar refractivity (Wildman–Crippen MR) is 86.3 cm³/mol. The molecule has 0 aliphatic heterocycles. The summed E-state index contributed by atoms with van der Waals surface area (Å²) in [6.07, 6.45) is 0. The number of aromatic nitrogens is 2. The van der Waals surface area contributed by atoms with Crippen LogP contribution >= 0.6 is 0 Å². The van der Waals surface area contributed by atoms with E-state index in [1.54, 1.807) is 18.2 Å².